The van der Waals surface area contributed by atoms with Gasteiger partial charge in [-0.1, -0.05) is 52.7 Å². The minimum Gasteiger partial charge on any atom is -0.396 e. The molecule has 0 aromatic rings. The Bertz CT molecular complexity index is 149. The van der Waals surface area contributed by atoms with Gasteiger partial charge in [-0.25, -0.2) is 0 Å². The predicted molar refractivity (Wildman–Crippen MR) is 63.2 cm³/mol. The Labute approximate surface area is 89.2 Å². The van der Waals surface area contributed by atoms with E-state index in [1.165, 1.54) is 19.3 Å². The lowest BCUT2D eigenvalue weighted by atomic mass is 9.89. The maximum atomic E-state index is 8.91. The van der Waals surface area contributed by atoms with Gasteiger partial charge >= 0.3 is 0 Å². The van der Waals surface area contributed by atoms with Crippen molar-refractivity contribution in [2.45, 2.75) is 47.0 Å². The number of aliphatic hydroxyl groups excluding tert-OH is 1. The fourth-order valence-electron chi connectivity index (χ4n) is 1.48. The van der Waals surface area contributed by atoms with Gasteiger partial charge in [0.2, 0.25) is 0 Å². The summed E-state index contributed by atoms with van der Waals surface area (Å²) in [4.78, 5) is 0. The van der Waals surface area contributed by atoms with Crippen molar-refractivity contribution in [3.05, 3.63) is 12.2 Å². The summed E-state index contributed by atoms with van der Waals surface area (Å²) in [5, 5.41) is 8.91. The highest BCUT2D eigenvalue weighted by Gasteiger charge is 2.09. The van der Waals surface area contributed by atoms with Gasteiger partial charge in [-0.2, -0.15) is 0 Å². The number of hydrogen-bond acceptors (Lipinski definition) is 1. The van der Waals surface area contributed by atoms with Crippen LogP contribution >= 0.6 is 0 Å². The van der Waals surface area contributed by atoms with Gasteiger partial charge in [-0.05, 0) is 24.2 Å². The molecule has 1 heteroatoms. The molecule has 0 saturated heterocycles. The summed E-state index contributed by atoms with van der Waals surface area (Å²) in [6.07, 6.45) is 8.30. The molecule has 0 rings (SSSR count). The van der Waals surface area contributed by atoms with Gasteiger partial charge in [0.15, 0.2) is 0 Å². The van der Waals surface area contributed by atoms with E-state index >= 15 is 0 Å². The fraction of sp³-hybridized carbons (Fsp3) is 0.846. The van der Waals surface area contributed by atoms with Gasteiger partial charge in [0.05, 0.1) is 0 Å². The summed E-state index contributed by atoms with van der Waals surface area (Å²) in [5.41, 5.74) is 0. The van der Waals surface area contributed by atoms with Crippen LogP contribution in [-0.4, -0.2) is 11.7 Å². The van der Waals surface area contributed by atoms with E-state index in [0.717, 1.165) is 0 Å². The first-order valence-electron chi connectivity index (χ1n) is 5.91. The summed E-state index contributed by atoms with van der Waals surface area (Å²) in [6, 6.07) is 0. The van der Waals surface area contributed by atoms with Crippen molar-refractivity contribution in [3.8, 4) is 0 Å². The van der Waals surface area contributed by atoms with Gasteiger partial charge in [0, 0.05) is 6.61 Å². The van der Waals surface area contributed by atoms with Crippen LogP contribution in [-0.2, 0) is 0 Å². The van der Waals surface area contributed by atoms with E-state index in [2.05, 4.69) is 32.9 Å². The summed E-state index contributed by atoms with van der Waals surface area (Å²) < 4.78 is 0. The SMILES string of the molecule is CCCCC(C=CC(C)CO)C(C)C. The highest BCUT2D eigenvalue weighted by molar-refractivity contribution is 4.92. The average molecular weight is 198 g/mol. The van der Waals surface area contributed by atoms with Crippen LogP contribution in [0.3, 0.4) is 0 Å². The number of hydrogen-bond donors (Lipinski definition) is 1. The largest absolute Gasteiger partial charge is 0.396 e. The van der Waals surface area contributed by atoms with E-state index in [-0.39, 0.29) is 6.61 Å². The second-order valence-corrected chi connectivity index (χ2v) is 4.59. The van der Waals surface area contributed by atoms with Crippen LogP contribution in [0, 0.1) is 17.8 Å². The van der Waals surface area contributed by atoms with Gasteiger partial charge in [0.25, 0.3) is 0 Å². The van der Waals surface area contributed by atoms with Crippen LogP contribution in [0.1, 0.15) is 47.0 Å². The van der Waals surface area contributed by atoms with Crippen LogP contribution in [0.25, 0.3) is 0 Å². The molecule has 0 aromatic heterocycles. The van der Waals surface area contributed by atoms with Crippen LogP contribution in [0.5, 0.6) is 0 Å². The topological polar surface area (TPSA) is 20.2 Å². The Morgan fingerprint density at radius 3 is 2.21 bits per heavy atom. The molecule has 0 aliphatic carbocycles. The van der Waals surface area contributed by atoms with Crippen molar-refractivity contribution in [3.63, 3.8) is 0 Å². The number of allylic oxidation sites excluding steroid dienone is 1. The van der Waals surface area contributed by atoms with E-state index in [9.17, 15) is 0 Å². The Balaban J connectivity index is 4.01. The van der Waals surface area contributed by atoms with Crippen LogP contribution in [0.4, 0.5) is 0 Å². The number of aliphatic hydroxyl groups is 1. The summed E-state index contributed by atoms with van der Waals surface area (Å²) >= 11 is 0. The monoisotopic (exact) mass is 198 g/mol. The van der Waals surface area contributed by atoms with Crippen molar-refractivity contribution >= 4 is 0 Å². The van der Waals surface area contributed by atoms with Crippen LogP contribution < -0.4 is 0 Å². The lowest BCUT2D eigenvalue weighted by Gasteiger charge is -2.17. The third-order valence-corrected chi connectivity index (χ3v) is 2.72. The molecule has 0 bridgehead atoms. The van der Waals surface area contributed by atoms with Crippen LogP contribution in [0.15, 0.2) is 12.2 Å². The average Bonchev–Trinajstić information content (AvgIpc) is 2.16. The van der Waals surface area contributed by atoms with E-state index in [4.69, 9.17) is 5.11 Å². The minimum atomic E-state index is 0.259. The Hall–Kier alpha value is -0.300. The molecule has 2 atom stereocenters. The zero-order chi connectivity index (χ0) is 11.0. The second kappa shape index (κ2) is 8.05. The molecule has 0 heterocycles. The van der Waals surface area contributed by atoms with E-state index < -0.39 is 0 Å². The van der Waals surface area contributed by atoms with E-state index in [0.29, 0.717) is 17.8 Å². The second-order valence-electron chi connectivity index (χ2n) is 4.59. The molecule has 0 spiro atoms. The molecule has 14 heavy (non-hydrogen) atoms. The maximum Gasteiger partial charge on any atom is 0.0491 e. The lowest BCUT2D eigenvalue weighted by molar-refractivity contribution is 0.261. The van der Waals surface area contributed by atoms with Crippen molar-refractivity contribution in [1.29, 1.82) is 0 Å². The molecule has 0 aliphatic heterocycles. The summed E-state index contributed by atoms with van der Waals surface area (Å²) in [5.74, 6) is 1.70. The smallest absolute Gasteiger partial charge is 0.0491 e. The first kappa shape index (κ1) is 13.7. The van der Waals surface area contributed by atoms with Gasteiger partial charge < -0.3 is 5.11 Å². The Morgan fingerprint density at radius 2 is 1.79 bits per heavy atom. The van der Waals surface area contributed by atoms with Gasteiger partial charge in [-0.3, -0.25) is 0 Å². The Morgan fingerprint density at radius 1 is 1.14 bits per heavy atom. The van der Waals surface area contributed by atoms with Crippen molar-refractivity contribution in [1.82, 2.24) is 0 Å². The van der Waals surface area contributed by atoms with Crippen LogP contribution in [0.2, 0.25) is 0 Å². The molecule has 0 aromatic carbocycles. The maximum absolute atomic E-state index is 8.91. The number of rotatable bonds is 7. The molecule has 0 radical (unpaired) electrons. The molecule has 1 N–H and O–H groups in total. The molecular formula is C13H26O. The highest BCUT2D eigenvalue weighted by atomic mass is 16.3. The quantitative estimate of drug-likeness (QED) is 0.619. The fourth-order valence-corrected chi connectivity index (χ4v) is 1.48. The van der Waals surface area contributed by atoms with Crippen molar-refractivity contribution in [2.24, 2.45) is 17.8 Å². The molecule has 0 fully saturated rings. The highest BCUT2D eigenvalue weighted by Crippen LogP contribution is 2.20. The molecule has 0 aliphatic rings. The minimum absolute atomic E-state index is 0.259. The summed E-state index contributed by atoms with van der Waals surface area (Å²) in [6.45, 7) is 9.09. The van der Waals surface area contributed by atoms with E-state index in [1.54, 1.807) is 0 Å². The third kappa shape index (κ3) is 6.20. The standard InChI is InChI=1S/C13H26O/c1-5-6-7-13(11(2)3)9-8-12(4)10-14/h8-9,11-14H,5-7,10H2,1-4H3. The number of unbranched alkanes of at least 4 members (excludes halogenated alkanes) is 1. The zero-order valence-corrected chi connectivity index (χ0v) is 10.2. The van der Waals surface area contributed by atoms with Gasteiger partial charge in [-0.15, -0.1) is 0 Å². The predicted octanol–water partition coefficient (Wildman–Crippen LogP) is 3.63. The molecule has 0 saturated carbocycles. The molecule has 1 nitrogen and oxygen atoms in total. The normalized spacial score (nSPS) is 16.4. The molecule has 0 amide bonds. The third-order valence-electron chi connectivity index (χ3n) is 2.72. The summed E-state index contributed by atoms with van der Waals surface area (Å²) in [7, 11) is 0. The van der Waals surface area contributed by atoms with E-state index in [1.807, 2.05) is 6.92 Å². The lowest BCUT2D eigenvalue weighted by Crippen LogP contribution is -2.06. The molecule has 84 valence electrons. The van der Waals surface area contributed by atoms with Gasteiger partial charge in [0.1, 0.15) is 0 Å². The first-order chi connectivity index (χ1) is 6.61. The zero-order valence-electron chi connectivity index (χ0n) is 10.2. The molecular weight excluding hydrogens is 172 g/mol. The first-order valence-corrected chi connectivity index (χ1v) is 5.91. The van der Waals surface area contributed by atoms with Crippen molar-refractivity contribution in [2.75, 3.05) is 6.61 Å². The molecule has 2 unspecified atom stereocenters. The Kier molecular flexibility index (Phi) is 7.87. The van der Waals surface area contributed by atoms with Crippen molar-refractivity contribution < 1.29 is 5.11 Å².